The zero-order valence-electron chi connectivity index (χ0n) is 38.2. The zero-order valence-corrected chi connectivity index (χ0v) is 38.2. The van der Waals surface area contributed by atoms with Gasteiger partial charge in [0.25, 0.3) is 11.5 Å². The minimum atomic E-state index is -5.31. The molecule has 5 amide bonds. The minimum Gasteiger partial charge on any atom is -0.368 e. The maximum atomic E-state index is 15.3. The number of hydrogen-bond acceptors (Lipinski definition) is 7. The summed E-state index contributed by atoms with van der Waals surface area (Å²) < 4.78 is 52.8. The molecule has 6 atom stereocenters. The van der Waals surface area contributed by atoms with Gasteiger partial charge in [0, 0.05) is 31.8 Å². The molecule has 0 radical (unpaired) electrons. The van der Waals surface area contributed by atoms with Crippen LogP contribution in [0.4, 0.5) is 13.2 Å². The van der Waals surface area contributed by atoms with Crippen LogP contribution >= 0.6 is 0 Å². The summed E-state index contributed by atoms with van der Waals surface area (Å²) in [7, 11) is 0.761. The fourth-order valence-corrected chi connectivity index (χ4v) is 8.96. The van der Waals surface area contributed by atoms with E-state index in [1.165, 1.54) is 23.1 Å². The Morgan fingerprint density at radius 1 is 0.746 bits per heavy atom. The van der Waals surface area contributed by atoms with Crippen molar-refractivity contribution < 1.29 is 41.9 Å². The predicted molar refractivity (Wildman–Crippen MR) is 246 cm³/mol. The Hall–Kier alpha value is -6.81. The lowest BCUT2D eigenvalue weighted by atomic mass is 9.77. The van der Waals surface area contributed by atoms with Gasteiger partial charge in [0.15, 0.2) is 0 Å². The van der Waals surface area contributed by atoms with Gasteiger partial charge in [0.05, 0.1) is 12.0 Å². The average Bonchev–Trinajstić information content (AvgIpc) is 4.02. The van der Waals surface area contributed by atoms with Crippen LogP contribution in [0.3, 0.4) is 0 Å². The number of ether oxygens (including phenoxy) is 1. The van der Waals surface area contributed by atoms with E-state index in [1.807, 2.05) is 95.6 Å². The van der Waals surface area contributed by atoms with E-state index in [1.54, 1.807) is 40.2 Å². The van der Waals surface area contributed by atoms with Gasteiger partial charge in [-0.05, 0) is 41.4 Å². The van der Waals surface area contributed by atoms with E-state index in [-0.39, 0.29) is 12.2 Å². The number of halogens is 3. The fraction of sp³-hybridized carbons (Fsp3) is 0.373. The number of aromatic nitrogens is 2. The van der Waals surface area contributed by atoms with Gasteiger partial charge < -0.3 is 35.9 Å². The molecule has 0 bridgehead atoms. The number of carbonyl (C=O) groups excluding carboxylic acids is 5. The number of likely N-dealkylation sites (tertiary alicyclic amines) is 1. The van der Waals surface area contributed by atoms with E-state index >= 15 is 13.2 Å². The number of primary amides is 1. The first-order valence-electron chi connectivity index (χ1n) is 22.4. The normalized spacial score (nSPS) is 16.9. The molecule has 0 unspecified atom stereocenters. The summed E-state index contributed by atoms with van der Waals surface area (Å²) in [6.45, 7) is 7.18. The number of nitrogens with zero attached hydrogens (tertiary/aromatic N) is 3. The highest BCUT2D eigenvalue weighted by Gasteiger charge is 2.63. The lowest BCUT2D eigenvalue weighted by molar-refractivity contribution is -0.266. The number of nitrogens with one attached hydrogen (secondary N) is 3. The number of amides is 5. The number of benzene rings is 4. The fourth-order valence-electron chi connectivity index (χ4n) is 8.96. The molecule has 0 saturated carbocycles. The summed E-state index contributed by atoms with van der Waals surface area (Å²) in [5.41, 5.74) is 3.26. The monoisotopic (exact) mass is 921 g/mol. The molecule has 0 spiro atoms. The van der Waals surface area contributed by atoms with Crippen LogP contribution in [0.15, 0.2) is 134 Å². The van der Waals surface area contributed by atoms with E-state index in [4.69, 9.17) is 15.5 Å². The molecule has 5 N–H and O–H groups in total. The maximum Gasteiger partial charge on any atom is 0.430 e. The van der Waals surface area contributed by atoms with E-state index in [0.717, 1.165) is 35.9 Å². The summed E-state index contributed by atoms with van der Waals surface area (Å²) in [5, 5.41) is 7.84. The van der Waals surface area contributed by atoms with Crippen molar-refractivity contribution in [3.63, 3.8) is 0 Å². The number of nitrogens with two attached hydrogens (primary N) is 1. The number of imidazole rings is 1. The first-order chi connectivity index (χ1) is 32.0. The van der Waals surface area contributed by atoms with E-state index in [2.05, 4.69) is 16.0 Å². The number of hydrogen-bond donors (Lipinski definition) is 4. The van der Waals surface area contributed by atoms with Crippen LogP contribution in [0.5, 0.6) is 0 Å². The smallest absolute Gasteiger partial charge is 0.368 e. The molecule has 67 heavy (non-hydrogen) atoms. The molecule has 5 aromatic rings. The highest BCUT2D eigenvalue weighted by molar-refractivity contribution is 5.97. The second-order valence-electron chi connectivity index (χ2n) is 17.3. The lowest BCUT2D eigenvalue weighted by Gasteiger charge is -2.37. The molecular weight excluding hydrogens is 864 g/mol. The Bertz CT molecular complexity index is 2380. The zero-order chi connectivity index (χ0) is 48.5. The van der Waals surface area contributed by atoms with E-state index in [9.17, 15) is 24.0 Å². The van der Waals surface area contributed by atoms with Gasteiger partial charge in [0.2, 0.25) is 23.6 Å². The van der Waals surface area contributed by atoms with Gasteiger partial charge in [-0.15, -0.1) is 0 Å². The molecular formula is C51H58F3N7O6. The maximum absolute atomic E-state index is 15.3. The molecule has 354 valence electrons. The molecule has 4 aromatic carbocycles. The number of methoxy groups -OCH3 is 1. The predicted octanol–water partition coefficient (Wildman–Crippen LogP) is 6.00. The van der Waals surface area contributed by atoms with Crippen molar-refractivity contribution in [1.82, 2.24) is 30.4 Å². The Morgan fingerprint density at radius 3 is 1.69 bits per heavy atom. The Balaban J connectivity index is 1.41. The standard InChI is InChI=1S/C51H58F3N7O6/c1-6-34(4)43(46(64)58-42(33(2)3)47(65)61-29-19-28-41(61)44(55)62)59-45(63)40(57-48(66)50(67-5,51(52,53)54)38-26-17-10-18-27-38)30-39-31-60(32-56-39)49(35-20-11-7-12-21-35,36-22-13-8-14-23-36)37-24-15-9-16-25-37/h7-18,20-27,31-34,40-43H,6,19,28-30H2,1-5H3,(H2,55,62)(H,57,66)(H,58,64)(H,59,63)/t34-,40-,41-,42-,43-,50-/m0/s1. The largest absolute Gasteiger partial charge is 0.430 e. The van der Waals surface area contributed by atoms with Crippen LogP contribution in [-0.4, -0.2) is 88.0 Å². The molecule has 1 aromatic heterocycles. The van der Waals surface area contributed by atoms with Crippen molar-refractivity contribution in [2.24, 2.45) is 17.6 Å². The average molecular weight is 922 g/mol. The Labute approximate surface area is 388 Å². The molecule has 0 aliphatic carbocycles. The van der Waals surface area contributed by atoms with Crippen molar-refractivity contribution >= 4 is 29.5 Å². The summed E-state index contributed by atoms with van der Waals surface area (Å²) in [6, 6.07) is 30.3. The van der Waals surface area contributed by atoms with Crippen molar-refractivity contribution in [3.8, 4) is 0 Å². The van der Waals surface area contributed by atoms with Gasteiger partial charge in [-0.1, -0.05) is 155 Å². The SMILES string of the molecule is CC[C@H](C)[C@H](NC(=O)[C@H](Cc1cn(C(c2ccccc2)(c2ccccc2)c2ccccc2)cn1)NC(=O)[C@@](OC)(c1ccccc1)C(F)(F)F)C(=O)N[C@H](C(=O)N1CCC[C@H]1C(N)=O)C(C)C. The van der Waals surface area contributed by atoms with Crippen LogP contribution in [0.2, 0.25) is 0 Å². The third-order valence-electron chi connectivity index (χ3n) is 12.7. The van der Waals surface area contributed by atoms with E-state index in [0.29, 0.717) is 19.3 Å². The summed E-state index contributed by atoms with van der Waals surface area (Å²) in [4.78, 5) is 75.6. The van der Waals surface area contributed by atoms with Crippen LogP contribution in [0, 0.1) is 11.8 Å². The second-order valence-corrected chi connectivity index (χ2v) is 17.3. The summed E-state index contributed by atoms with van der Waals surface area (Å²) in [5.74, 6) is -5.63. The highest BCUT2D eigenvalue weighted by Crippen LogP contribution is 2.43. The highest BCUT2D eigenvalue weighted by atomic mass is 19.4. The first-order valence-corrected chi connectivity index (χ1v) is 22.4. The molecule has 2 heterocycles. The molecule has 1 fully saturated rings. The van der Waals surface area contributed by atoms with Crippen LogP contribution in [-0.2, 0) is 46.3 Å². The quantitative estimate of drug-likeness (QED) is 0.0734. The number of rotatable bonds is 19. The molecule has 16 heteroatoms. The minimum absolute atomic E-state index is 0.215. The van der Waals surface area contributed by atoms with Gasteiger partial charge in [-0.3, -0.25) is 24.0 Å². The molecule has 1 aliphatic rings. The Kier molecular flexibility index (Phi) is 15.7. The third kappa shape index (κ3) is 10.1. The van der Waals surface area contributed by atoms with Crippen molar-refractivity contribution in [3.05, 3.63) is 162 Å². The summed E-state index contributed by atoms with van der Waals surface area (Å²) >= 11 is 0. The number of alkyl halides is 3. The number of carbonyl (C=O) groups is 5. The van der Waals surface area contributed by atoms with E-state index < -0.39 is 94.8 Å². The first kappa shape index (κ1) is 49.6. The molecule has 1 saturated heterocycles. The van der Waals surface area contributed by atoms with Crippen LogP contribution in [0.25, 0.3) is 0 Å². The van der Waals surface area contributed by atoms with Gasteiger partial charge >= 0.3 is 6.18 Å². The topological polar surface area (TPSA) is 178 Å². The van der Waals surface area contributed by atoms with Gasteiger partial charge in [0.1, 0.15) is 29.7 Å². The van der Waals surface area contributed by atoms with Crippen LogP contribution < -0.4 is 21.7 Å². The second kappa shape index (κ2) is 21.2. The Morgan fingerprint density at radius 2 is 1.24 bits per heavy atom. The summed E-state index contributed by atoms with van der Waals surface area (Å²) in [6.07, 6.45) is -1.21. The molecule has 1 aliphatic heterocycles. The van der Waals surface area contributed by atoms with Crippen LogP contribution in [0.1, 0.15) is 74.9 Å². The van der Waals surface area contributed by atoms with Gasteiger partial charge in [-0.25, -0.2) is 4.98 Å². The molecule has 13 nitrogen and oxygen atoms in total. The molecule has 6 rings (SSSR count). The van der Waals surface area contributed by atoms with Gasteiger partial charge in [-0.2, -0.15) is 13.2 Å². The third-order valence-corrected chi connectivity index (χ3v) is 12.7. The lowest BCUT2D eigenvalue weighted by Crippen LogP contribution is -2.63. The van der Waals surface area contributed by atoms with Crippen molar-refractivity contribution in [1.29, 1.82) is 0 Å². The van der Waals surface area contributed by atoms with Crippen molar-refractivity contribution in [2.45, 2.75) is 94.9 Å². The van der Waals surface area contributed by atoms with Crippen molar-refractivity contribution in [2.75, 3.05) is 13.7 Å².